The van der Waals surface area contributed by atoms with Gasteiger partial charge in [0, 0.05) is 17.6 Å². The van der Waals surface area contributed by atoms with Crippen LogP contribution in [0.3, 0.4) is 0 Å². The lowest BCUT2D eigenvalue weighted by molar-refractivity contribution is 0.286. The van der Waals surface area contributed by atoms with Crippen LogP contribution >= 0.6 is 11.6 Å². The number of hydrogen-bond donors (Lipinski definition) is 0. The molecule has 1 aromatic rings. The van der Waals surface area contributed by atoms with E-state index in [1.54, 1.807) is 0 Å². The Kier molecular flexibility index (Phi) is 6.35. The molecule has 0 aliphatic rings. The van der Waals surface area contributed by atoms with Gasteiger partial charge in [-0.1, -0.05) is 20.8 Å². The quantitative estimate of drug-likeness (QED) is 0.538. The van der Waals surface area contributed by atoms with Gasteiger partial charge in [0.1, 0.15) is 0 Å². The van der Waals surface area contributed by atoms with Crippen LogP contribution in [0.15, 0.2) is 12.1 Å². The average Bonchev–Trinajstić information content (AvgIpc) is 2.34. The standard InChI is InChI=1S/C14H22ClNO/c1-4-13-8-12(10-15)9-14(16-13)17-7-5-6-11(2)3/h8-9,11H,4-7,10H2,1-3H3. The van der Waals surface area contributed by atoms with E-state index < -0.39 is 0 Å². The summed E-state index contributed by atoms with van der Waals surface area (Å²) in [6.45, 7) is 7.27. The Bertz CT molecular complexity index is 317. The topological polar surface area (TPSA) is 22.1 Å². The minimum Gasteiger partial charge on any atom is -0.478 e. The Morgan fingerprint density at radius 2 is 2.12 bits per heavy atom. The molecule has 0 N–H and O–H groups in total. The van der Waals surface area contributed by atoms with E-state index >= 15 is 0 Å². The number of aromatic nitrogens is 1. The average molecular weight is 256 g/mol. The maximum absolute atomic E-state index is 5.85. The third-order valence-corrected chi connectivity index (χ3v) is 2.92. The molecule has 1 aromatic heterocycles. The van der Waals surface area contributed by atoms with E-state index in [9.17, 15) is 0 Å². The summed E-state index contributed by atoms with van der Waals surface area (Å²) in [5.74, 6) is 1.95. The molecule has 0 spiro atoms. The van der Waals surface area contributed by atoms with E-state index in [1.165, 1.54) is 6.42 Å². The van der Waals surface area contributed by atoms with Gasteiger partial charge in [0.25, 0.3) is 0 Å². The number of halogens is 1. The summed E-state index contributed by atoms with van der Waals surface area (Å²) < 4.78 is 5.67. The van der Waals surface area contributed by atoms with Crippen molar-refractivity contribution in [1.29, 1.82) is 0 Å². The van der Waals surface area contributed by atoms with E-state index in [0.717, 1.165) is 36.6 Å². The normalized spacial score (nSPS) is 10.9. The molecule has 0 bridgehead atoms. The molecule has 0 atom stereocenters. The minimum absolute atomic E-state index is 0.512. The van der Waals surface area contributed by atoms with Gasteiger partial charge in [-0.05, 0) is 36.8 Å². The molecule has 1 heterocycles. The summed E-state index contributed by atoms with van der Waals surface area (Å²) in [6.07, 6.45) is 3.18. The van der Waals surface area contributed by atoms with Crippen molar-refractivity contribution in [2.75, 3.05) is 6.61 Å². The summed E-state index contributed by atoms with van der Waals surface area (Å²) in [4.78, 5) is 4.44. The molecule has 0 fully saturated rings. The predicted octanol–water partition coefficient (Wildman–Crippen LogP) is 4.20. The Balaban J connectivity index is 2.51. The van der Waals surface area contributed by atoms with Crippen LogP contribution in [0.4, 0.5) is 0 Å². The lowest BCUT2D eigenvalue weighted by atomic mass is 10.1. The van der Waals surface area contributed by atoms with Crippen molar-refractivity contribution in [3.8, 4) is 5.88 Å². The highest BCUT2D eigenvalue weighted by atomic mass is 35.5. The second-order valence-electron chi connectivity index (χ2n) is 4.68. The summed E-state index contributed by atoms with van der Waals surface area (Å²) in [5.41, 5.74) is 2.12. The highest BCUT2D eigenvalue weighted by Crippen LogP contribution is 2.16. The Hall–Kier alpha value is -0.760. The van der Waals surface area contributed by atoms with Gasteiger partial charge >= 0.3 is 0 Å². The van der Waals surface area contributed by atoms with E-state index in [1.807, 2.05) is 12.1 Å². The van der Waals surface area contributed by atoms with Gasteiger partial charge in [-0.15, -0.1) is 11.6 Å². The van der Waals surface area contributed by atoms with Crippen LogP contribution in [-0.2, 0) is 12.3 Å². The number of nitrogens with zero attached hydrogens (tertiary/aromatic N) is 1. The van der Waals surface area contributed by atoms with Crippen LogP contribution in [0.1, 0.15) is 44.9 Å². The molecule has 2 nitrogen and oxygen atoms in total. The molecule has 0 amide bonds. The fourth-order valence-corrected chi connectivity index (χ4v) is 1.78. The first-order valence-corrected chi connectivity index (χ1v) is 6.87. The monoisotopic (exact) mass is 255 g/mol. The highest BCUT2D eigenvalue weighted by Gasteiger charge is 2.02. The third kappa shape index (κ3) is 5.40. The van der Waals surface area contributed by atoms with Gasteiger partial charge in [-0.25, -0.2) is 4.98 Å². The Labute approximate surface area is 109 Å². The number of aryl methyl sites for hydroxylation is 1. The SMILES string of the molecule is CCc1cc(CCl)cc(OCCCC(C)C)n1. The van der Waals surface area contributed by atoms with Gasteiger partial charge in [0.05, 0.1) is 6.61 Å². The number of rotatable bonds is 7. The highest BCUT2D eigenvalue weighted by molar-refractivity contribution is 6.17. The van der Waals surface area contributed by atoms with Crippen LogP contribution < -0.4 is 4.74 Å². The molecular weight excluding hydrogens is 234 g/mol. The summed E-state index contributed by atoms with van der Waals surface area (Å²) in [6, 6.07) is 3.97. The number of alkyl halides is 1. The first-order valence-electron chi connectivity index (χ1n) is 6.34. The van der Waals surface area contributed by atoms with E-state index in [-0.39, 0.29) is 0 Å². The summed E-state index contributed by atoms with van der Waals surface area (Å²) in [5, 5.41) is 0. The number of pyridine rings is 1. The van der Waals surface area contributed by atoms with Gasteiger partial charge in [-0.2, -0.15) is 0 Å². The van der Waals surface area contributed by atoms with E-state index in [2.05, 4.69) is 25.8 Å². The van der Waals surface area contributed by atoms with Crippen molar-refractivity contribution in [3.63, 3.8) is 0 Å². The van der Waals surface area contributed by atoms with Crippen molar-refractivity contribution in [3.05, 3.63) is 23.4 Å². The van der Waals surface area contributed by atoms with Gasteiger partial charge < -0.3 is 4.74 Å². The molecule has 0 aliphatic carbocycles. The first kappa shape index (κ1) is 14.3. The van der Waals surface area contributed by atoms with E-state index in [0.29, 0.717) is 11.8 Å². The van der Waals surface area contributed by atoms with Crippen LogP contribution in [0.2, 0.25) is 0 Å². The largest absolute Gasteiger partial charge is 0.478 e. The molecule has 0 saturated carbocycles. The van der Waals surface area contributed by atoms with Gasteiger partial charge in [0.2, 0.25) is 5.88 Å². The zero-order chi connectivity index (χ0) is 12.7. The fraction of sp³-hybridized carbons (Fsp3) is 0.643. The smallest absolute Gasteiger partial charge is 0.213 e. The molecule has 0 aliphatic heterocycles. The Morgan fingerprint density at radius 1 is 1.35 bits per heavy atom. The minimum atomic E-state index is 0.512. The molecule has 0 aromatic carbocycles. The maximum atomic E-state index is 5.85. The zero-order valence-electron chi connectivity index (χ0n) is 11.0. The number of ether oxygens (including phenoxy) is 1. The molecule has 96 valence electrons. The summed E-state index contributed by atoms with van der Waals surface area (Å²) in [7, 11) is 0. The first-order chi connectivity index (χ1) is 8.15. The fourth-order valence-electron chi connectivity index (χ4n) is 1.62. The molecule has 1 rings (SSSR count). The zero-order valence-corrected chi connectivity index (χ0v) is 11.8. The van der Waals surface area contributed by atoms with Crippen molar-refractivity contribution in [2.45, 2.75) is 45.9 Å². The molecule has 17 heavy (non-hydrogen) atoms. The Morgan fingerprint density at radius 3 is 2.71 bits per heavy atom. The van der Waals surface area contributed by atoms with Crippen molar-refractivity contribution in [2.24, 2.45) is 5.92 Å². The second-order valence-corrected chi connectivity index (χ2v) is 4.94. The van der Waals surface area contributed by atoms with Crippen molar-refractivity contribution >= 4 is 11.6 Å². The van der Waals surface area contributed by atoms with Crippen LogP contribution in [0, 0.1) is 5.92 Å². The predicted molar refractivity (Wildman–Crippen MR) is 72.7 cm³/mol. The molecule has 3 heteroatoms. The van der Waals surface area contributed by atoms with Gasteiger partial charge in [0.15, 0.2) is 0 Å². The second kappa shape index (κ2) is 7.54. The van der Waals surface area contributed by atoms with Gasteiger partial charge in [-0.3, -0.25) is 0 Å². The number of hydrogen-bond acceptors (Lipinski definition) is 2. The maximum Gasteiger partial charge on any atom is 0.213 e. The van der Waals surface area contributed by atoms with Crippen LogP contribution in [-0.4, -0.2) is 11.6 Å². The van der Waals surface area contributed by atoms with Crippen molar-refractivity contribution in [1.82, 2.24) is 4.98 Å². The van der Waals surface area contributed by atoms with E-state index in [4.69, 9.17) is 16.3 Å². The molecular formula is C14H22ClNO. The molecule has 0 saturated heterocycles. The molecule has 0 radical (unpaired) electrons. The van der Waals surface area contributed by atoms with Crippen LogP contribution in [0.5, 0.6) is 5.88 Å². The van der Waals surface area contributed by atoms with Crippen LogP contribution in [0.25, 0.3) is 0 Å². The summed E-state index contributed by atoms with van der Waals surface area (Å²) >= 11 is 5.85. The third-order valence-electron chi connectivity index (χ3n) is 2.61. The van der Waals surface area contributed by atoms with Crippen molar-refractivity contribution < 1.29 is 4.74 Å². The lowest BCUT2D eigenvalue weighted by Gasteiger charge is -2.09. The lowest BCUT2D eigenvalue weighted by Crippen LogP contribution is -2.03. The molecule has 0 unspecified atom stereocenters.